The van der Waals surface area contributed by atoms with Crippen LogP contribution >= 0.6 is 0 Å². The first-order valence-electron chi connectivity index (χ1n) is 7.89. The monoisotopic (exact) mass is 274 g/mol. The van der Waals surface area contributed by atoms with Gasteiger partial charge in [-0.3, -0.25) is 4.90 Å². The van der Waals surface area contributed by atoms with Crippen LogP contribution in [-0.2, 0) is 0 Å². The van der Waals surface area contributed by atoms with Crippen LogP contribution in [0.1, 0.15) is 26.2 Å². The Balaban J connectivity index is 1.51. The number of pyridine rings is 1. The van der Waals surface area contributed by atoms with Gasteiger partial charge in [-0.05, 0) is 38.4 Å². The van der Waals surface area contributed by atoms with Crippen molar-refractivity contribution in [3.63, 3.8) is 0 Å². The van der Waals surface area contributed by atoms with Gasteiger partial charge >= 0.3 is 0 Å². The predicted molar refractivity (Wildman–Crippen MR) is 83.1 cm³/mol. The second-order valence-corrected chi connectivity index (χ2v) is 6.40. The quantitative estimate of drug-likeness (QED) is 0.910. The Hall–Kier alpha value is -1.13. The molecule has 20 heavy (non-hydrogen) atoms. The molecule has 2 fully saturated rings. The Bertz CT molecular complexity index is 406. The number of hydrogen-bond acceptors (Lipinski definition) is 4. The fraction of sp³-hybridized carbons (Fsp3) is 0.688. The molecule has 2 aliphatic rings. The molecule has 0 amide bonds. The summed E-state index contributed by atoms with van der Waals surface area (Å²) in [5.74, 6) is 1.12. The summed E-state index contributed by atoms with van der Waals surface area (Å²) in [5.41, 5.74) is 0.325. The van der Waals surface area contributed by atoms with Crippen LogP contribution in [0, 0.1) is 0 Å². The summed E-state index contributed by atoms with van der Waals surface area (Å²) < 4.78 is 0. The lowest BCUT2D eigenvalue weighted by molar-refractivity contribution is 0.157. The number of hydrogen-bond donors (Lipinski definition) is 1. The maximum Gasteiger partial charge on any atom is 0.128 e. The zero-order chi connectivity index (χ0) is 13.8. The summed E-state index contributed by atoms with van der Waals surface area (Å²) in [5, 5.41) is 3.72. The van der Waals surface area contributed by atoms with Gasteiger partial charge in [0.05, 0.1) is 0 Å². The van der Waals surface area contributed by atoms with Crippen molar-refractivity contribution in [1.82, 2.24) is 15.2 Å². The predicted octanol–water partition coefficient (Wildman–Crippen LogP) is 1.74. The number of piperazine rings is 1. The van der Waals surface area contributed by atoms with Gasteiger partial charge in [-0.15, -0.1) is 0 Å². The van der Waals surface area contributed by atoms with Crippen molar-refractivity contribution in [2.75, 3.05) is 44.2 Å². The molecule has 0 aromatic carbocycles. The summed E-state index contributed by atoms with van der Waals surface area (Å²) >= 11 is 0. The second kappa shape index (κ2) is 6.10. The molecule has 0 spiro atoms. The van der Waals surface area contributed by atoms with Crippen molar-refractivity contribution in [2.45, 2.75) is 31.7 Å². The summed E-state index contributed by atoms with van der Waals surface area (Å²) in [4.78, 5) is 9.46. The van der Waals surface area contributed by atoms with E-state index >= 15 is 0 Å². The van der Waals surface area contributed by atoms with Crippen LogP contribution in [0.4, 0.5) is 5.82 Å². The van der Waals surface area contributed by atoms with E-state index in [-0.39, 0.29) is 0 Å². The molecule has 4 heteroatoms. The minimum absolute atomic E-state index is 0.325. The highest BCUT2D eigenvalue weighted by atomic mass is 15.3. The van der Waals surface area contributed by atoms with E-state index in [0.29, 0.717) is 5.54 Å². The third kappa shape index (κ3) is 3.30. The Kier molecular flexibility index (Phi) is 4.22. The summed E-state index contributed by atoms with van der Waals surface area (Å²) in [6.07, 6.45) is 5.91. The molecule has 1 aromatic heterocycles. The number of aromatic nitrogens is 1. The van der Waals surface area contributed by atoms with E-state index in [1.54, 1.807) is 0 Å². The molecule has 1 aromatic rings. The lowest BCUT2D eigenvalue weighted by Gasteiger charge is -2.42. The summed E-state index contributed by atoms with van der Waals surface area (Å²) in [6, 6.07) is 6.16. The normalized spacial score (nSPS) is 28.6. The molecule has 4 nitrogen and oxygen atoms in total. The molecule has 3 rings (SSSR count). The minimum Gasteiger partial charge on any atom is -0.354 e. The highest BCUT2D eigenvalue weighted by molar-refractivity contribution is 5.38. The molecule has 0 aliphatic carbocycles. The fourth-order valence-electron chi connectivity index (χ4n) is 3.42. The standard InChI is InChI=1S/C16H26N4/c1-16(7-3-5-9-18-16)14-19-10-12-20(13-11-19)15-6-2-4-8-17-15/h2,4,6,8,18H,3,5,7,9-14H2,1H3. The fourth-order valence-corrected chi connectivity index (χ4v) is 3.42. The van der Waals surface area contributed by atoms with Gasteiger partial charge in [0.15, 0.2) is 0 Å². The van der Waals surface area contributed by atoms with Crippen LogP contribution in [0.15, 0.2) is 24.4 Å². The van der Waals surface area contributed by atoms with Crippen LogP contribution in [0.2, 0.25) is 0 Å². The van der Waals surface area contributed by atoms with Gasteiger partial charge in [-0.1, -0.05) is 12.5 Å². The second-order valence-electron chi connectivity index (χ2n) is 6.40. The topological polar surface area (TPSA) is 31.4 Å². The molecule has 2 aliphatic heterocycles. The first-order valence-corrected chi connectivity index (χ1v) is 7.89. The SMILES string of the molecule is CC1(CN2CCN(c3ccccn3)CC2)CCCCN1. The first-order chi connectivity index (χ1) is 9.75. The highest BCUT2D eigenvalue weighted by Crippen LogP contribution is 2.21. The van der Waals surface area contributed by atoms with Gasteiger partial charge in [0.25, 0.3) is 0 Å². The summed E-state index contributed by atoms with van der Waals surface area (Å²) in [7, 11) is 0. The Morgan fingerprint density at radius 3 is 2.70 bits per heavy atom. The number of anilines is 1. The molecule has 2 saturated heterocycles. The van der Waals surface area contributed by atoms with Gasteiger partial charge < -0.3 is 10.2 Å². The van der Waals surface area contributed by atoms with Gasteiger partial charge in [0.1, 0.15) is 5.82 Å². The Morgan fingerprint density at radius 1 is 1.20 bits per heavy atom. The van der Waals surface area contributed by atoms with E-state index in [1.165, 1.54) is 32.4 Å². The number of nitrogens with one attached hydrogen (secondary N) is 1. The van der Waals surface area contributed by atoms with E-state index in [9.17, 15) is 0 Å². The smallest absolute Gasteiger partial charge is 0.128 e. The third-order valence-corrected chi connectivity index (χ3v) is 4.63. The summed E-state index contributed by atoms with van der Waals surface area (Å²) in [6.45, 7) is 9.23. The van der Waals surface area contributed by atoms with Gasteiger partial charge in [-0.2, -0.15) is 0 Å². The number of rotatable bonds is 3. The average Bonchev–Trinajstić information content (AvgIpc) is 2.49. The maximum atomic E-state index is 4.45. The van der Waals surface area contributed by atoms with Crippen LogP contribution < -0.4 is 10.2 Å². The first kappa shape index (κ1) is 13.8. The van der Waals surface area contributed by atoms with Crippen LogP contribution in [-0.4, -0.2) is 54.7 Å². The van der Waals surface area contributed by atoms with Crippen molar-refractivity contribution >= 4 is 5.82 Å². The van der Waals surface area contributed by atoms with E-state index in [4.69, 9.17) is 0 Å². The van der Waals surface area contributed by atoms with Crippen molar-refractivity contribution < 1.29 is 0 Å². The van der Waals surface area contributed by atoms with Crippen LogP contribution in [0.25, 0.3) is 0 Å². The molecular formula is C16H26N4. The lowest BCUT2D eigenvalue weighted by Crippen LogP contribution is -2.57. The van der Waals surface area contributed by atoms with Crippen molar-refractivity contribution in [1.29, 1.82) is 0 Å². The molecule has 3 heterocycles. The lowest BCUT2D eigenvalue weighted by atomic mass is 9.90. The number of piperidine rings is 1. The van der Waals surface area contributed by atoms with Crippen LogP contribution in [0.3, 0.4) is 0 Å². The van der Waals surface area contributed by atoms with Crippen molar-refractivity contribution in [3.8, 4) is 0 Å². The molecule has 1 N–H and O–H groups in total. The minimum atomic E-state index is 0.325. The van der Waals surface area contributed by atoms with Gasteiger partial charge in [-0.25, -0.2) is 4.98 Å². The van der Waals surface area contributed by atoms with Gasteiger partial charge in [0, 0.05) is 44.5 Å². The zero-order valence-electron chi connectivity index (χ0n) is 12.5. The van der Waals surface area contributed by atoms with Crippen molar-refractivity contribution in [3.05, 3.63) is 24.4 Å². The molecule has 1 atom stereocenters. The third-order valence-electron chi connectivity index (χ3n) is 4.63. The Labute approximate surface area is 122 Å². The van der Waals surface area contributed by atoms with E-state index in [2.05, 4.69) is 39.2 Å². The number of nitrogens with zero attached hydrogens (tertiary/aromatic N) is 3. The average molecular weight is 274 g/mol. The molecule has 1 unspecified atom stereocenters. The van der Waals surface area contributed by atoms with Gasteiger partial charge in [0.2, 0.25) is 0 Å². The van der Waals surface area contributed by atoms with E-state index in [1.807, 2.05) is 12.3 Å². The zero-order valence-corrected chi connectivity index (χ0v) is 12.5. The molecule has 0 bridgehead atoms. The molecule has 0 saturated carbocycles. The van der Waals surface area contributed by atoms with E-state index < -0.39 is 0 Å². The molecule has 110 valence electrons. The molecular weight excluding hydrogens is 248 g/mol. The Morgan fingerprint density at radius 2 is 2.05 bits per heavy atom. The van der Waals surface area contributed by atoms with E-state index in [0.717, 1.165) is 32.0 Å². The largest absolute Gasteiger partial charge is 0.354 e. The maximum absolute atomic E-state index is 4.45. The van der Waals surface area contributed by atoms with Crippen molar-refractivity contribution in [2.24, 2.45) is 0 Å². The highest BCUT2D eigenvalue weighted by Gasteiger charge is 2.30. The van der Waals surface area contributed by atoms with Crippen LogP contribution in [0.5, 0.6) is 0 Å². The molecule has 0 radical (unpaired) electrons.